The maximum Gasteiger partial charge on any atom is 0.335 e. The number of aromatic carboxylic acids is 1. The topological polar surface area (TPSA) is 70.4 Å². The number of pyridine rings is 1. The summed E-state index contributed by atoms with van der Waals surface area (Å²) in [6, 6.07) is 7.05. The van der Waals surface area contributed by atoms with Crippen molar-refractivity contribution in [1.82, 2.24) is 4.98 Å². The number of aromatic nitrogens is 1. The second kappa shape index (κ2) is 7.26. The Balaban J connectivity index is 1.89. The predicted molar refractivity (Wildman–Crippen MR) is 97.4 cm³/mol. The largest absolute Gasteiger partial charge is 0.506 e. The number of rotatable bonds is 4. The Morgan fingerprint density at radius 3 is 2.36 bits per heavy atom. The van der Waals surface area contributed by atoms with Gasteiger partial charge in [-0.15, -0.1) is 0 Å². The molecule has 4 nitrogen and oxygen atoms in total. The Bertz CT molecular complexity index is 769. The van der Waals surface area contributed by atoms with E-state index in [4.69, 9.17) is 4.98 Å². The van der Waals surface area contributed by atoms with Crippen molar-refractivity contribution in [2.45, 2.75) is 58.3 Å². The third-order valence-corrected chi connectivity index (χ3v) is 5.25. The zero-order chi connectivity index (χ0) is 18.0. The van der Waals surface area contributed by atoms with Crippen molar-refractivity contribution in [2.24, 2.45) is 0 Å². The lowest BCUT2D eigenvalue weighted by molar-refractivity contribution is 0.0696. The van der Waals surface area contributed by atoms with Crippen LogP contribution in [0.3, 0.4) is 0 Å². The van der Waals surface area contributed by atoms with Crippen molar-refractivity contribution >= 4 is 5.97 Å². The molecule has 1 saturated carbocycles. The molecule has 1 heterocycles. The van der Waals surface area contributed by atoms with Crippen LogP contribution in [0.4, 0.5) is 0 Å². The first-order valence-electron chi connectivity index (χ1n) is 8.98. The summed E-state index contributed by atoms with van der Waals surface area (Å²) in [6.45, 7) is 3.88. The Labute approximate surface area is 148 Å². The van der Waals surface area contributed by atoms with Gasteiger partial charge in [-0.1, -0.05) is 19.3 Å². The van der Waals surface area contributed by atoms with E-state index in [9.17, 15) is 15.0 Å². The van der Waals surface area contributed by atoms with E-state index in [1.165, 1.54) is 19.3 Å². The molecule has 1 fully saturated rings. The van der Waals surface area contributed by atoms with Gasteiger partial charge >= 0.3 is 5.97 Å². The first kappa shape index (κ1) is 17.5. The number of aryl methyl sites for hydroxylation is 2. The van der Waals surface area contributed by atoms with Crippen LogP contribution in [0, 0.1) is 13.8 Å². The molecule has 4 heteroatoms. The van der Waals surface area contributed by atoms with Gasteiger partial charge in [0.25, 0.3) is 0 Å². The Morgan fingerprint density at radius 2 is 1.76 bits per heavy atom. The van der Waals surface area contributed by atoms with Crippen molar-refractivity contribution in [3.63, 3.8) is 0 Å². The summed E-state index contributed by atoms with van der Waals surface area (Å²) in [4.78, 5) is 16.0. The van der Waals surface area contributed by atoms with Crippen LogP contribution in [0.5, 0.6) is 5.75 Å². The van der Waals surface area contributed by atoms with Crippen LogP contribution in [-0.2, 0) is 6.42 Å². The summed E-state index contributed by atoms with van der Waals surface area (Å²) in [5.41, 5.74) is 5.11. The molecule has 0 saturated heterocycles. The molecule has 2 aromatic rings. The molecule has 1 aromatic carbocycles. The fourth-order valence-electron chi connectivity index (χ4n) is 3.86. The van der Waals surface area contributed by atoms with E-state index in [1.54, 1.807) is 18.2 Å². The SMILES string of the molecule is Cc1cc(C(=O)O)cc(C)c1Cc1ccc(O)c(C2CCCCC2)n1. The van der Waals surface area contributed by atoms with Crippen LogP contribution >= 0.6 is 0 Å². The number of carboxylic acids is 1. The van der Waals surface area contributed by atoms with Crippen molar-refractivity contribution < 1.29 is 15.0 Å². The highest BCUT2D eigenvalue weighted by molar-refractivity contribution is 5.88. The van der Waals surface area contributed by atoms with E-state index in [0.717, 1.165) is 40.9 Å². The Hall–Kier alpha value is -2.36. The van der Waals surface area contributed by atoms with E-state index >= 15 is 0 Å². The molecule has 0 bridgehead atoms. The molecule has 0 spiro atoms. The molecular formula is C21H25NO3. The minimum Gasteiger partial charge on any atom is -0.506 e. The molecule has 2 N–H and O–H groups in total. The van der Waals surface area contributed by atoms with Crippen LogP contribution in [0.25, 0.3) is 0 Å². The number of hydrogen-bond donors (Lipinski definition) is 2. The molecule has 0 atom stereocenters. The number of carboxylic acid groups (broad SMARTS) is 1. The van der Waals surface area contributed by atoms with Gasteiger partial charge in [-0.2, -0.15) is 0 Å². The van der Waals surface area contributed by atoms with Gasteiger partial charge in [0, 0.05) is 18.0 Å². The molecule has 132 valence electrons. The summed E-state index contributed by atoms with van der Waals surface area (Å²) < 4.78 is 0. The number of benzene rings is 1. The fraction of sp³-hybridized carbons (Fsp3) is 0.429. The average Bonchev–Trinajstić information content (AvgIpc) is 2.60. The van der Waals surface area contributed by atoms with Gasteiger partial charge in [0.2, 0.25) is 0 Å². The number of hydrogen-bond acceptors (Lipinski definition) is 3. The number of aromatic hydroxyl groups is 1. The van der Waals surface area contributed by atoms with Crippen molar-refractivity contribution in [3.8, 4) is 5.75 Å². The zero-order valence-corrected chi connectivity index (χ0v) is 14.9. The van der Waals surface area contributed by atoms with Crippen LogP contribution in [-0.4, -0.2) is 21.2 Å². The van der Waals surface area contributed by atoms with Crippen molar-refractivity contribution in [2.75, 3.05) is 0 Å². The summed E-state index contributed by atoms with van der Waals surface area (Å²) in [7, 11) is 0. The molecule has 3 rings (SSSR count). The summed E-state index contributed by atoms with van der Waals surface area (Å²) in [6.07, 6.45) is 6.50. The van der Waals surface area contributed by atoms with E-state index in [1.807, 2.05) is 19.9 Å². The summed E-state index contributed by atoms with van der Waals surface area (Å²) in [5.74, 6) is -0.254. The molecule has 0 amide bonds. The van der Waals surface area contributed by atoms with Gasteiger partial charge in [0.05, 0.1) is 11.3 Å². The van der Waals surface area contributed by atoms with Gasteiger partial charge in [0.15, 0.2) is 0 Å². The van der Waals surface area contributed by atoms with Gasteiger partial charge in [-0.3, -0.25) is 4.98 Å². The van der Waals surface area contributed by atoms with E-state index < -0.39 is 5.97 Å². The average molecular weight is 339 g/mol. The minimum absolute atomic E-state index is 0.297. The fourth-order valence-corrected chi connectivity index (χ4v) is 3.86. The lowest BCUT2D eigenvalue weighted by Crippen LogP contribution is -2.09. The normalized spacial score (nSPS) is 15.3. The smallest absolute Gasteiger partial charge is 0.335 e. The standard InChI is InChI=1S/C21H25NO3/c1-13-10-16(21(24)25)11-14(2)18(13)12-17-8-9-19(23)20(22-17)15-6-4-3-5-7-15/h8-11,15,23H,3-7,12H2,1-2H3,(H,24,25). The second-order valence-electron chi connectivity index (χ2n) is 7.11. The lowest BCUT2D eigenvalue weighted by Gasteiger charge is -2.22. The highest BCUT2D eigenvalue weighted by Crippen LogP contribution is 2.36. The molecule has 1 aliphatic carbocycles. The molecule has 0 unspecified atom stereocenters. The van der Waals surface area contributed by atoms with Crippen LogP contribution in [0.1, 0.15) is 76.5 Å². The molecule has 1 aromatic heterocycles. The first-order chi connectivity index (χ1) is 12.0. The van der Waals surface area contributed by atoms with E-state index in [-0.39, 0.29) is 0 Å². The van der Waals surface area contributed by atoms with E-state index in [0.29, 0.717) is 23.7 Å². The maximum atomic E-state index is 11.2. The summed E-state index contributed by atoms with van der Waals surface area (Å²) in [5, 5.41) is 19.4. The molecule has 0 radical (unpaired) electrons. The lowest BCUT2D eigenvalue weighted by atomic mass is 9.86. The third kappa shape index (κ3) is 3.84. The van der Waals surface area contributed by atoms with Gasteiger partial charge in [-0.05, 0) is 67.6 Å². The molecule has 25 heavy (non-hydrogen) atoms. The Morgan fingerprint density at radius 1 is 1.12 bits per heavy atom. The van der Waals surface area contributed by atoms with E-state index in [2.05, 4.69) is 0 Å². The molecule has 1 aliphatic rings. The van der Waals surface area contributed by atoms with Crippen molar-refractivity contribution in [3.05, 3.63) is 57.9 Å². The highest BCUT2D eigenvalue weighted by atomic mass is 16.4. The van der Waals surface area contributed by atoms with Gasteiger partial charge < -0.3 is 10.2 Å². The highest BCUT2D eigenvalue weighted by Gasteiger charge is 2.21. The minimum atomic E-state index is -0.903. The van der Waals surface area contributed by atoms with Gasteiger partial charge in [-0.25, -0.2) is 4.79 Å². The van der Waals surface area contributed by atoms with Crippen LogP contribution in [0.15, 0.2) is 24.3 Å². The van der Waals surface area contributed by atoms with Crippen molar-refractivity contribution in [1.29, 1.82) is 0 Å². The van der Waals surface area contributed by atoms with Gasteiger partial charge in [0.1, 0.15) is 5.75 Å². The number of nitrogens with zero attached hydrogens (tertiary/aromatic N) is 1. The first-order valence-corrected chi connectivity index (χ1v) is 8.98. The van der Waals surface area contributed by atoms with Crippen LogP contribution < -0.4 is 0 Å². The number of carbonyl (C=O) groups is 1. The quantitative estimate of drug-likeness (QED) is 0.844. The Kier molecular flexibility index (Phi) is 5.07. The molecule has 0 aliphatic heterocycles. The third-order valence-electron chi connectivity index (χ3n) is 5.25. The van der Waals surface area contributed by atoms with Crippen LogP contribution in [0.2, 0.25) is 0 Å². The molecular weight excluding hydrogens is 314 g/mol. The maximum absolute atomic E-state index is 11.2. The predicted octanol–water partition coefficient (Wildman–Crippen LogP) is 4.74. The second-order valence-corrected chi connectivity index (χ2v) is 7.11. The summed E-state index contributed by atoms with van der Waals surface area (Å²) >= 11 is 0. The monoisotopic (exact) mass is 339 g/mol. The zero-order valence-electron chi connectivity index (χ0n) is 14.9.